The van der Waals surface area contributed by atoms with E-state index in [-0.39, 0.29) is 5.92 Å². The molecule has 0 radical (unpaired) electrons. The number of likely N-dealkylation sites (tertiary alicyclic amines) is 2. The van der Waals surface area contributed by atoms with E-state index in [2.05, 4.69) is 9.80 Å². The lowest BCUT2D eigenvalue weighted by atomic mass is 9.79. The van der Waals surface area contributed by atoms with Crippen molar-refractivity contribution in [1.82, 2.24) is 9.80 Å². The first-order valence-electron chi connectivity index (χ1n) is 9.27. The Morgan fingerprint density at radius 3 is 2.71 bits per heavy atom. The van der Waals surface area contributed by atoms with Crippen LogP contribution in [-0.2, 0) is 4.79 Å². The number of carbonyl (C=O) groups is 1. The maximum atomic E-state index is 12.3. The van der Waals surface area contributed by atoms with Crippen LogP contribution in [0.4, 0.5) is 0 Å². The van der Waals surface area contributed by atoms with Gasteiger partial charge < -0.3 is 9.64 Å². The maximum absolute atomic E-state index is 12.3. The Balaban J connectivity index is 1.49. The van der Waals surface area contributed by atoms with E-state index in [0.717, 1.165) is 51.5 Å². The zero-order valence-corrected chi connectivity index (χ0v) is 15.0. The molecule has 2 aliphatic rings. The van der Waals surface area contributed by atoms with Crippen molar-refractivity contribution in [1.29, 1.82) is 0 Å². The van der Waals surface area contributed by atoms with Crippen LogP contribution >= 0.6 is 0 Å². The van der Waals surface area contributed by atoms with Gasteiger partial charge >= 0.3 is 0 Å². The minimum atomic E-state index is 0.110. The van der Waals surface area contributed by atoms with Crippen LogP contribution < -0.4 is 4.74 Å². The van der Waals surface area contributed by atoms with Crippen LogP contribution in [0, 0.1) is 11.3 Å². The number of piperidine rings is 1. The molecule has 24 heavy (non-hydrogen) atoms. The van der Waals surface area contributed by atoms with Gasteiger partial charge in [-0.05, 0) is 37.9 Å². The number of rotatable bonds is 5. The first-order chi connectivity index (χ1) is 11.6. The molecule has 2 fully saturated rings. The van der Waals surface area contributed by atoms with Gasteiger partial charge in [-0.3, -0.25) is 9.69 Å². The maximum Gasteiger partial charge on any atom is 0.225 e. The van der Waals surface area contributed by atoms with Gasteiger partial charge in [-0.1, -0.05) is 32.0 Å². The highest BCUT2D eigenvalue weighted by Crippen LogP contribution is 2.39. The van der Waals surface area contributed by atoms with E-state index >= 15 is 0 Å². The van der Waals surface area contributed by atoms with Gasteiger partial charge in [-0.15, -0.1) is 0 Å². The summed E-state index contributed by atoms with van der Waals surface area (Å²) in [5.41, 5.74) is 0.315. The van der Waals surface area contributed by atoms with Crippen LogP contribution in [0.25, 0.3) is 0 Å². The van der Waals surface area contributed by atoms with Crippen LogP contribution in [0.1, 0.15) is 33.1 Å². The Hall–Kier alpha value is -1.55. The Labute approximate surface area is 145 Å². The molecule has 0 aromatic heterocycles. The van der Waals surface area contributed by atoms with Crippen molar-refractivity contribution < 1.29 is 9.53 Å². The number of benzene rings is 1. The third-order valence-electron chi connectivity index (χ3n) is 5.40. The van der Waals surface area contributed by atoms with Gasteiger partial charge in [0.15, 0.2) is 0 Å². The summed E-state index contributed by atoms with van der Waals surface area (Å²) < 4.78 is 5.84. The van der Waals surface area contributed by atoms with E-state index in [1.54, 1.807) is 0 Å². The molecule has 4 nitrogen and oxygen atoms in total. The molecular weight excluding hydrogens is 300 g/mol. The number of nitrogens with zero attached hydrogens (tertiary/aromatic N) is 2. The summed E-state index contributed by atoms with van der Waals surface area (Å²) in [7, 11) is 0. The minimum absolute atomic E-state index is 0.110. The van der Waals surface area contributed by atoms with Crippen molar-refractivity contribution in [2.24, 2.45) is 11.3 Å². The number of ether oxygens (including phenoxy) is 1. The third kappa shape index (κ3) is 4.10. The van der Waals surface area contributed by atoms with E-state index in [0.29, 0.717) is 11.3 Å². The predicted molar refractivity (Wildman–Crippen MR) is 96.1 cm³/mol. The molecule has 2 saturated heterocycles. The summed E-state index contributed by atoms with van der Waals surface area (Å²) in [5, 5.41) is 0. The van der Waals surface area contributed by atoms with E-state index < -0.39 is 0 Å². The molecule has 1 spiro atoms. The fourth-order valence-corrected chi connectivity index (χ4v) is 4.13. The summed E-state index contributed by atoms with van der Waals surface area (Å²) >= 11 is 0. The molecule has 1 aromatic carbocycles. The highest BCUT2D eigenvalue weighted by molar-refractivity contribution is 5.78. The molecule has 0 bridgehead atoms. The van der Waals surface area contributed by atoms with Crippen molar-refractivity contribution in [3.63, 3.8) is 0 Å². The molecule has 4 heteroatoms. The number of carbonyl (C=O) groups excluding carboxylic acids is 1. The van der Waals surface area contributed by atoms with Crippen LogP contribution in [0.15, 0.2) is 30.3 Å². The van der Waals surface area contributed by atoms with Crippen LogP contribution in [-0.4, -0.2) is 55.0 Å². The lowest BCUT2D eigenvalue weighted by Gasteiger charge is -2.40. The second-order valence-corrected chi connectivity index (χ2v) is 7.71. The molecule has 0 unspecified atom stereocenters. The highest BCUT2D eigenvalue weighted by atomic mass is 16.5. The van der Waals surface area contributed by atoms with Crippen molar-refractivity contribution in [2.75, 3.05) is 39.3 Å². The third-order valence-corrected chi connectivity index (χ3v) is 5.40. The lowest BCUT2D eigenvalue weighted by molar-refractivity contribution is -0.134. The number of para-hydroxylation sites is 1. The van der Waals surface area contributed by atoms with Crippen molar-refractivity contribution in [3.05, 3.63) is 30.3 Å². The number of amides is 1. The monoisotopic (exact) mass is 330 g/mol. The average Bonchev–Trinajstić information content (AvgIpc) is 2.98. The Morgan fingerprint density at radius 2 is 1.96 bits per heavy atom. The number of hydrogen-bond donors (Lipinski definition) is 0. The number of hydrogen-bond acceptors (Lipinski definition) is 3. The van der Waals surface area contributed by atoms with Gasteiger partial charge in [-0.2, -0.15) is 0 Å². The Kier molecular flexibility index (Phi) is 5.44. The smallest absolute Gasteiger partial charge is 0.225 e. The van der Waals surface area contributed by atoms with Gasteiger partial charge in [0.1, 0.15) is 12.4 Å². The summed E-state index contributed by atoms with van der Waals surface area (Å²) in [6.07, 6.45) is 3.64. The Morgan fingerprint density at radius 1 is 1.17 bits per heavy atom. The van der Waals surface area contributed by atoms with Gasteiger partial charge in [0, 0.05) is 37.5 Å². The topological polar surface area (TPSA) is 32.8 Å². The van der Waals surface area contributed by atoms with E-state index in [4.69, 9.17) is 4.74 Å². The van der Waals surface area contributed by atoms with Crippen LogP contribution in [0.2, 0.25) is 0 Å². The summed E-state index contributed by atoms with van der Waals surface area (Å²) in [4.78, 5) is 16.9. The van der Waals surface area contributed by atoms with Gasteiger partial charge in [0.05, 0.1) is 0 Å². The molecule has 1 amide bonds. The largest absolute Gasteiger partial charge is 0.492 e. The first kappa shape index (κ1) is 17.3. The van der Waals surface area contributed by atoms with Crippen molar-refractivity contribution >= 4 is 5.91 Å². The average molecular weight is 330 g/mol. The van der Waals surface area contributed by atoms with Crippen molar-refractivity contribution in [3.8, 4) is 5.75 Å². The molecule has 1 aromatic rings. The van der Waals surface area contributed by atoms with Gasteiger partial charge in [0.2, 0.25) is 5.91 Å². The van der Waals surface area contributed by atoms with E-state index in [1.807, 2.05) is 44.2 Å². The molecule has 2 heterocycles. The normalized spacial score (nSPS) is 24.7. The summed E-state index contributed by atoms with van der Waals surface area (Å²) in [6.45, 7) is 9.84. The second-order valence-electron chi connectivity index (χ2n) is 7.71. The molecule has 3 rings (SSSR count). The standard InChI is InChI=1S/C20H30N2O2/c1-17(2)19(23)22-12-10-20(16-22)9-6-11-21(15-20)13-14-24-18-7-4-3-5-8-18/h3-5,7-8,17H,6,9-16H2,1-2H3/t20-/m0/s1. The summed E-state index contributed by atoms with van der Waals surface area (Å²) in [6, 6.07) is 10.0. The zero-order valence-electron chi connectivity index (χ0n) is 15.0. The minimum Gasteiger partial charge on any atom is -0.492 e. The van der Waals surface area contributed by atoms with E-state index in [1.165, 1.54) is 12.8 Å². The molecule has 132 valence electrons. The first-order valence-corrected chi connectivity index (χ1v) is 9.27. The molecule has 0 N–H and O–H groups in total. The lowest BCUT2D eigenvalue weighted by Crippen LogP contribution is -2.46. The van der Waals surface area contributed by atoms with Gasteiger partial charge in [0.25, 0.3) is 0 Å². The van der Waals surface area contributed by atoms with Gasteiger partial charge in [-0.25, -0.2) is 0 Å². The fourth-order valence-electron chi connectivity index (χ4n) is 4.13. The molecular formula is C20H30N2O2. The van der Waals surface area contributed by atoms with Crippen LogP contribution in [0.5, 0.6) is 5.75 Å². The Bertz CT molecular complexity index is 546. The highest BCUT2D eigenvalue weighted by Gasteiger charge is 2.42. The quantitative estimate of drug-likeness (QED) is 0.832. The second kappa shape index (κ2) is 7.56. The fraction of sp³-hybridized carbons (Fsp3) is 0.650. The molecule has 0 saturated carbocycles. The molecule has 1 atom stereocenters. The summed E-state index contributed by atoms with van der Waals surface area (Å²) in [5.74, 6) is 1.37. The van der Waals surface area contributed by atoms with E-state index in [9.17, 15) is 4.79 Å². The SMILES string of the molecule is CC(C)C(=O)N1CC[C@]2(CCCN(CCOc3ccccc3)C2)C1. The predicted octanol–water partition coefficient (Wildman–Crippen LogP) is 3.04. The zero-order chi connectivity index (χ0) is 17.0. The van der Waals surface area contributed by atoms with Crippen LogP contribution in [0.3, 0.4) is 0 Å². The van der Waals surface area contributed by atoms with Crippen molar-refractivity contribution in [2.45, 2.75) is 33.1 Å². The molecule has 0 aliphatic carbocycles. The molecule has 2 aliphatic heterocycles.